The van der Waals surface area contributed by atoms with Gasteiger partial charge in [0.05, 0.1) is 28.5 Å². The van der Waals surface area contributed by atoms with Crippen molar-refractivity contribution in [2.45, 2.75) is 64.8 Å². The number of aromatic nitrogens is 2. The summed E-state index contributed by atoms with van der Waals surface area (Å²) in [5.41, 5.74) is 18.6. The molecule has 1 atom stereocenters. The predicted octanol–water partition coefficient (Wildman–Crippen LogP) is 17.2. The van der Waals surface area contributed by atoms with Crippen LogP contribution in [0.25, 0.3) is 50.2 Å². The van der Waals surface area contributed by atoms with E-state index in [2.05, 4.69) is 258 Å². The van der Waals surface area contributed by atoms with Crippen LogP contribution in [0.3, 0.4) is 0 Å². The number of anilines is 5. The summed E-state index contributed by atoms with van der Waals surface area (Å²) in [5, 5.41) is 0. The molecule has 334 valence electrons. The fourth-order valence-electron chi connectivity index (χ4n) is 9.24. The molecule has 1 aromatic heterocycles. The molecule has 4 heteroatoms. The Kier molecular flexibility index (Phi) is 12.0. The zero-order valence-corrected chi connectivity index (χ0v) is 39.9. The Morgan fingerprint density at radius 1 is 0.382 bits per heavy atom. The standard InChI is InChI=1S/C64H58N4/c1-63(2,3)51-29-41-57(42-30-51)67(53-33-21-47(22-34-53)45-15-9-7-10-16-45)55-37-25-49(26-38-55)61-62(66-60-20-14-13-19-59(60)65-61)50-27-39-56(40-28-50)68(58-43-31-52(32-44-58)64(4,5)6)54-35-23-48(24-36-54)46-17-11-8-12-18-46/h7-35,37-44,54H,36H2,1-6H3. The minimum Gasteiger partial charge on any atom is -0.334 e. The van der Waals surface area contributed by atoms with Gasteiger partial charge in [-0.25, -0.2) is 9.97 Å². The van der Waals surface area contributed by atoms with Crippen molar-refractivity contribution in [2.24, 2.45) is 0 Å². The smallest absolute Gasteiger partial charge is 0.0973 e. The maximum atomic E-state index is 5.32. The molecular formula is C64H58N4. The minimum atomic E-state index is 0.0521. The lowest BCUT2D eigenvalue weighted by Crippen LogP contribution is -2.30. The molecule has 9 aromatic rings. The molecule has 1 aliphatic rings. The highest BCUT2D eigenvalue weighted by atomic mass is 15.2. The third-order valence-electron chi connectivity index (χ3n) is 13.1. The van der Waals surface area contributed by atoms with E-state index < -0.39 is 0 Å². The number of hydrogen-bond donors (Lipinski definition) is 0. The molecule has 8 aromatic carbocycles. The number of fused-ring (bicyclic) bond motifs is 1. The first-order valence-electron chi connectivity index (χ1n) is 23.8. The van der Waals surface area contributed by atoms with Crippen LogP contribution in [-0.4, -0.2) is 16.0 Å². The van der Waals surface area contributed by atoms with Crippen LogP contribution in [0.5, 0.6) is 0 Å². The van der Waals surface area contributed by atoms with E-state index in [-0.39, 0.29) is 16.9 Å². The third-order valence-corrected chi connectivity index (χ3v) is 13.1. The molecule has 4 nitrogen and oxygen atoms in total. The predicted molar refractivity (Wildman–Crippen MR) is 288 cm³/mol. The molecule has 0 saturated heterocycles. The Hall–Kier alpha value is -7.82. The van der Waals surface area contributed by atoms with E-state index in [0.717, 1.165) is 68.4 Å². The Bertz CT molecular complexity index is 3210. The van der Waals surface area contributed by atoms with E-state index in [9.17, 15) is 0 Å². The molecule has 68 heavy (non-hydrogen) atoms. The molecule has 0 saturated carbocycles. The molecule has 0 fully saturated rings. The molecule has 0 aliphatic heterocycles. The van der Waals surface area contributed by atoms with Gasteiger partial charge < -0.3 is 9.80 Å². The van der Waals surface area contributed by atoms with Crippen molar-refractivity contribution in [3.8, 4) is 33.6 Å². The zero-order chi connectivity index (χ0) is 46.8. The number of para-hydroxylation sites is 2. The summed E-state index contributed by atoms with van der Waals surface area (Å²) < 4.78 is 0. The normalized spacial score (nSPS) is 13.9. The summed E-state index contributed by atoms with van der Waals surface area (Å²) in [5.74, 6) is 0. The SMILES string of the molecule is CC(C)(C)c1ccc(N(c2ccc(-c3ccccc3)cc2)c2ccc(-c3nc4ccccc4nc3-c3ccc(N(c4ccc(C(C)(C)C)cc4)C4C=CC(c5ccccc5)=CC4)cc3)cc2)cc1. The Labute approximate surface area is 402 Å². The van der Waals surface area contributed by atoms with Crippen LogP contribution in [0.2, 0.25) is 0 Å². The zero-order valence-electron chi connectivity index (χ0n) is 39.9. The highest BCUT2D eigenvalue weighted by Crippen LogP contribution is 2.41. The average molecular weight is 883 g/mol. The monoisotopic (exact) mass is 882 g/mol. The van der Waals surface area contributed by atoms with Crippen molar-refractivity contribution in [3.63, 3.8) is 0 Å². The number of nitrogens with zero attached hydrogens (tertiary/aromatic N) is 4. The molecule has 0 radical (unpaired) electrons. The summed E-state index contributed by atoms with van der Waals surface area (Å²) >= 11 is 0. The van der Waals surface area contributed by atoms with Crippen LogP contribution in [-0.2, 0) is 10.8 Å². The number of allylic oxidation sites excluding steroid dienone is 2. The van der Waals surface area contributed by atoms with Crippen molar-refractivity contribution in [2.75, 3.05) is 9.80 Å². The quantitative estimate of drug-likeness (QED) is 0.137. The minimum absolute atomic E-state index is 0.0521. The first-order valence-corrected chi connectivity index (χ1v) is 23.8. The van der Waals surface area contributed by atoms with Gasteiger partial charge >= 0.3 is 0 Å². The summed E-state index contributed by atoms with van der Waals surface area (Å²) in [4.78, 5) is 15.4. The topological polar surface area (TPSA) is 32.3 Å². The molecule has 10 rings (SSSR count). The van der Waals surface area contributed by atoms with E-state index in [1.807, 2.05) is 18.2 Å². The maximum absolute atomic E-state index is 5.32. The molecular weight excluding hydrogens is 825 g/mol. The van der Waals surface area contributed by atoms with Gasteiger partial charge in [0, 0.05) is 39.6 Å². The van der Waals surface area contributed by atoms with Gasteiger partial charge in [0.2, 0.25) is 0 Å². The largest absolute Gasteiger partial charge is 0.334 e. The van der Waals surface area contributed by atoms with Gasteiger partial charge in [-0.1, -0.05) is 193 Å². The summed E-state index contributed by atoms with van der Waals surface area (Å²) in [7, 11) is 0. The molecule has 0 spiro atoms. The van der Waals surface area contributed by atoms with Gasteiger partial charge in [-0.15, -0.1) is 0 Å². The summed E-state index contributed by atoms with van der Waals surface area (Å²) in [6, 6.07) is 74.2. The van der Waals surface area contributed by atoms with Crippen molar-refractivity contribution < 1.29 is 0 Å². The summed E-state index contributed by atoms with van der Waals surface area (Å²) in [6.45, 7) is 13.6. The van der Waals surface area contributed by atoms with E-state index >= 15 is 0 Å². The second-order valence-electron chi connectivity index (χ2n) is 19.9. The lowest BCUT2D eigenvalue weighted by Gasteiger charge is -2.34. The fraction of sp³-hybridized carbons (Fsp3) is 0.156. The van der Waals surface area contributed by atoms with Crippen molar-refractivity contribution in [1.82, 2.24) is 9.97 Å². The molecule has 0 amide bonds. The number of benzene rings is 8. The lowest BCUT2D eigenvalue weighted by molar-refractivity contribution is 0.590. The average Bonchev–Trinajstić information content (AvgIpc) is 3.37. The van der Waals surface area contributed by atoms with E-state index in [1.165, 1.54) is 33.4 Å². The van der Waals surface area contributed by atoms with Gasteiger partial charge in [0.25, 0.3) is 0 Å². The summed E-state index contributed by atoms with van der Waals surface area (Å²) in [6.07, 6.45) is 7.89. The Morgan fingerprint density at radius 2 is 0.750 bits per heavy atom. The van der Waals surface area contributed by atoms with Crippen LogP contribution in [0.15, 0.2) is 224 Å². The molecule has 0 N–H and O–H groups in total. The first kappa shape index (κ1) is 44.0. The van der Waals surface area contributed by atoms with E-state index in [0.29, 0.717) is 0 Å². The maximum Gasteiger partial charge on any atom is 0.0973 e. The van der Waals surface area contributed by atoms with Crippen LogP contribution >= 0.6 is 0 Å². The molecule has 0 bridgehead atoms. The van der Waals surface area contributed by atoms with Gasteiger partial charge in [0.15, 0.2) is 0 Å². The molecule has 1 aliphatic carbocycles. The van der Waals surface area contributed by atoms with Gasteiger partial charge in [-0.3, -0.25) is 0 Å². The highest BCUT2D eigenvalue weighted by Gasteiger charge is 2.24. The van der Waals surface area contributed by atoms with Gasteiger partial charge in [-0.05, 0) is 123 Å². The second kappa shape index (κ2) is 18.5. The third kappa shape index (κ3) is 9.28. The molecule has 1 unspecified atom stereocenters. The number of hydrogen-bond acceptors (Lipinski definition) is 4. The van der Waals surface area contributed by atoms with Gasteiger partial charge in [0.1, 0.15) is 0 Å². The van der Waals surface area contributed by atoms with E-state index in [4.69, 9.17) is 9.97 Å². The first-order chi connectivity index (χ1) is 33.0. The highest BCUT2D eigenvalue weighted by molar-refractivity contribution is 5.88. The van der Waals surface area contributed by atoms with Crippen molar-refractivity contribution in [3.05, 3.63) is 241 Å². The van der Waals surface area contributed by atoms with Gasteiger partial charge in [-0.2, -0.15) is 0 Å². The number of rotatable bonds is 10. The van der Waals surface area contributed by atoms with Crippen molar-refractivity contribution in [1.29, 1.82) is 0 Å². The van der Waals surface area contributed by atoms with Crippen LogP contribution < -0.4 is 9.80 Å². The Balaban J connectivity index is 1.01. The van der Waals surface area contributed by atoms with Crippen LogP contribution in [0.1, 0.15) is 64.7 Å². The van der Waals surface area contributed by atoms with Crippen LogP contribution in [0, 0.1) is 0 Å². The van der Waals surface area contributed by atoms with Crippen LogP contribution in [0.4, 0.5) is 28.4 Å². The van der Waals surface area contributed by atoms with E-state index in [1.54, 1.807) is 0 Å². The van der Waals surface area contributed by atoms with Crippen molar-refractivity contribution >= 4 is 45.0 Å². The Morgan fingerprint density at radius 3 is 1.18 bits per heavy atom. The lowest BCUT2D eigenvalue weighted by atomic mass is 9.87. The fourth-order valence-corrected chi connectivity index (χ4v) is 9.24. The molecule has 1 heterocycles. The second-order valence-corrected chi connectivity index (χ2v) is 19.9.